The number of hydrogen-bond donors (Lipinski definition) is 1. The molecule has 15 heavy (non-hydrogen) atoms. The molecule has 2 rings (SSSR count). The first-order chi connectivity index (χ1) is 7.09. The van der Waals surface area contributed by atoms with E-state index in [0.29, 0.717) is 5.92 Å². The third kappa shape index (κ3) is 1.85. The summed E-state index contributed by atoms with van der Waals surface area (Å²) >= 11 is 0. The molecule has 0 spiro atoms. The van der Waals surface area contributed by atoms with Crippen molar-refractivity contribution in [2.45, 2.75) is 32.6 Å². The van der Waals surface area contributed by atoms with Crippen LogP contribution in [-0.2, 0) is 4.79 Å². The molecule has 2 nitrogen and oxygen atoms in total. The Morgan fingerprint density at radius 1 is 1.47 bits per heavy atom. The Hall–Kier alpha value is -1.05. The van der Waals surface area contributed by atoms with Crippen molar-refractivity contribution in [3.63, 3.8) is 0 Å². The lowest BCUT2D eigenvalue weighted by atomic mass is 9.65. The fourth-order valence-electron chi connectivity index (χ4n) is 2.98. The van der Waals surface area contributed by atoms with E-state index in [0.717, 1.165) is 25.7 Å². The maximum atomic E-state index is 11.2. The minimum atomic E-state index is -0.636. The lowest BCUT2D eigenvalue weighted by Gasteiger charge is -2.39. The summed E-state index contributed by atoms with van der Waals surface area (Å²) in [6.07, 6.45) is 6.03. The Morgan fingerprint density at radius 2 is 2.20 bits per heavy atom. The van der Waals surface area contributed by atoms with Crippen molar-refractivity contribution in [1.82, 2.24) is 0 Å². The number of hydrogen-bond acceptors (Lipinski definition) is 1. The third-order valence-corrected chi connectivity index (χ3v) is 3.87. The molecular weight excluding hydrogens is 188 g/mol. The van der Waals surface area contributed by atoms with Crippen LogP contribution in [0.4, 0.5) is 0 Å². The van der Waals surface area contributed by atoms with Crippen molar-refractivity contribution in [3.05, 3.63) is 23.8 Å². The Morgan fingerprint density at radius 3 is 2.87 bits per heavy atom. The molecule has 0 aliphatic heterocycles. The van der Waals surface area contributed by atoms with Gasteiger partial charge in [-0.3, -0.25) is 4.79 Å². The highest BCUT2D eigenvalue weighted by Gasteiger charge is 2.39. The van der Waals surface area contributed by atoms with Crippen molar-refractivity contribution in [2.75, 3.05) is 0 Å². The zero-order valence-corrected chi connectivity index (χ0v) is 9.20. The smallest absolute Gasteiger partial charge is 0.307 e. The lowest BCUT2D eigenvalue weighted by molar-refractivity contribution is -0.144. The second-order valence-corrected chi connectivity index (χ2v) is 4.88. The molecule has 1 saturated carbocycles. The van der Waals surface area contributed by atoms with Crippen LogP contribution in [0.15, 0.2) is 23.8 Å². The predicted octanol–water partition coefficient (Wildman–Crippen LogP) is 3.01. The van der Waals surface area contributed by atoms with Crippen LogP contribution in [0.25, 0.3) is 0 Å². The van der Waals surface area contributed by atoms with E-state index in [1.165, 1.54) is 11.1 Å². The monoisotopic (exact) mass is 206 g/mol. The first-order valence-electron chi connectivity index (χ1n) is 5.67. The predicted molar refractivity (Wildman–Crippen MR) is 59.5 cm³/mol. The average Bonchev–Trinajstić information content (AvgIpc) is 2.17. The van der Waals surface area contributed by atoms with Crippen LogP contribution in [-0.4, -0.2) is 11.1 Å². The molecule has 1 N–H and O–H groups in total. The van der Waals surface area contributed by atoms with Crippen LogP contribution in [0.1, 0.15) is 32.6 Å². The molecule has 0 aromatic carbocycles. The maximum Gasteiger partial charge on any atom is 0.307 e. The SMILES string of the molecule is C=C1CCC(C(=O)O)C2C=C(C)CCC12. The molecule has 1 fully saturated rings. The van der Waals surface area contributed by atoms with Gasteiger partial charge in [-0.15, -0.1) is 0 Å². The summed E-state index contributed by atoms with van der Waals surface area (Å²) in [5.41, 5.74) is 2.61. The summed E-state index contributed by atoms with van der Waals surface area (Å²) in [5.74, 6) is -0.194. The molecule has 3 unspecified atom stereocenters. The zero-order chi connectivity index (χ0) is 11.0. The Labute approximate surface area is 90.7 Å². The highest BCUT2D eigenvalue weighted by Crippen LogP contribution is 2.44. The van der Waals surface area contributed by atoms with Crippen LogP contribution >= 0.6 is 0 Å². The highest BCUT2D eigenvalue weighted by atomic mass is 16.4. The Kier molecular flexibility index (Phi) is 2.68. The van der Waals surface area contributed by atoms with Crippen LogP contribution in [0.2, 0.25) is 0 Å². The standard InChI is InChI=1S/C13H18O2/c1-8-3-5-10-9(2)4-6-11(13(14)15)12(10)7-8/h7,10-12H,2-6H2,1H3,(H,14,15). The number of allylic oxidation sites excluding steroid dienone is 3. The number of rotatable bonds is 1. The van der Waals surface area contributed by atoms with E-state index in [1.54, 1.807) is 0 Å². The van der Waals surface area contributed by atoms with Gasteiger partial charge in [0.15, 0.2) is 0 Å². The van der Waals surface area contributed by atoms with Gasteiger partial charge in [0.25, 0.3) is 0 Å². The van der Waals surface area contributed by atoms with Gasteiger partial charge in [0.2, 0.25) is 0 Å². The Balaban J connectivity index is 2.28. The van der Waals surface area contributed by atoms with Crippen molar-refractivity contribution >= 4 is 5.97 Å². The van der Waals surface area contributed by atoms with Crippen LogP contribution in [0, 0.1) is 17.8 Å². The number of aliphatic carboxylic acids is 1. The first kappa shape index (κ1) is 10.5. The summed E-state index contributed by atoms with van der Waals surface area (Å²) in [7, 11) is 0. The second kappa shape index (κ2) is 3.84. The zero-order valence-electron chi connectivity index (χ0n) is 9.20. The van der Waals surface area contributed by atoms with E-state index in [1.807, 2.05) is 0 Å². The number of carbonyl (C=O) groups is 1. The summed E-state index contributed by atoms with van der Waals surface area (Å²) in [6, 6.07) is 0. The van der Waals surface area contributed by atoms with Crippen LogP contribution in [0.3, 0.4) is 0 Å². The molecule has 0 aromatic heterocycles. The molecule has 0 saturated heterocycles. The summed E-state index contributed by atoms with van der Waals surface area (Å²) < 4.78 is 0. The maximum absolute atomic E-state index is 11.2. The number of fused-ring (bicyclic) bond motifs is 1. The van der Waals surface area contributed by atoms with Crippen molar-refractivity contribution in [2.24, 2.45) is 17.8 Å². The molecule has 2 aliphatic rings. The van der Waals surface area contributed by atoms with Gasteiger partial charge < -0.3 is 5.11 Å². The quantitative estimate of drug-likeness (QED) is 0.670. The lowest BCUT2D eigenvalue weighted by Crippen LogP contribution is -2.35. The van der Waals surface area contributed by atoms with Gasteiger partial charge in [0.05, 0.1) is 5.92 Å². The number of carboxylic acids is 1. The fourth-order valence-corrected chi connectivity index (χ4v) is 2.98. The van der Waals surface area contributed by atoms with Gasteiger partial charge in [0.1, 0.15) is 0 Å². The molecule has 0 bridgehead atoms. The van der Waals surface area contributed by atoms with Crippen molar-refractivity contribution < 1.29 is 9.90 Å². The summed E-state index contributed by atoms with van der Waals surface area (Å²) in [6.45, 7) is 6.20. The van der Waals surface area contributed by atoms with E-state index >= 15 is 0 Å². The second-order valence-electron chi connectivity index (χ2n) is 4.88. The molecule has 3 atom stereocenters. The number of carboxylic acid groups (broad SMARTS) is 1. The molecule has 0 radical (unpaired) electrons. The van der Waals surface area contributed by atoms with Crippen LogP contribution < -0.4 is 0 Å². The van der Waals surface area contributed by atoms with E-state index in [9.17, 15) is 9.90 Å². The van der Waals surface area contributed by atoms with Gasteiger partial charge in [0, 0.05) is 0 Å². The van der Waals surface area contributed by atoms with Gasteiger partial charge in [-0.25, -0.2) is 0 Å². The van der Waals surface area contributed by atoms with Crippen LogP contribution in [0.5, 0.6) is 0 Å². The average molecular weight is 206 g/mol. The fraction of sp³-hybridized carbons (Fsp3) is 0.615. The molecule has 0 aromatic rings. The van der Waals surface area contributed by atoms with E-state index in [2.05, 4.69) is 19.6 Å². The molecule has 0 heterocycles. The molecule has 2 heteroatoms. The molecular formula is C13H18O2. The van der Waals surface area contributed by atoms with Gasteiger partial charge in [-0.05, 0) is 44.4 Å². The summed E-state index contributed by atoms with van der Waals surface area (Å²) in [5, 5.41) is 9.19. The first-order valence-corrected chi connectivity index (χ1v) is 5.67. The van der Waals surface area contributed by atoms with Gasteiger partial charge in [-0.1, -0.05) is 23.8 Å². The van der Waals surface area contributed by atoms with Crippen molar-refractivity contribution in [1.29, 1.82) is 0 Å². The molecule has 2 aliphatic carbocycles. The Bertz CT molecular complexity index is 327. The van der Waals surface area contributed by atoms with Gasteiger partial charge >= 0.3 is 5.97 Å². The van der Waals surface area contributed by atoms with Crippen molar-refractivity contribution in [3.8, 4) is 0 Å². The van der Waals surface area contributed by atoms with E-state index in [-0.39, 0.29) is 11.8 Å². The minimum absolute atomic E-state index is 0.184. The normalized spacial score (nSPS) is 35.7. The molecule has 0 amide bonds. The van der Waals surface area contributed by atoms with E-state index in [4.69, 9.17) is 0 Å². The largest absolute Gasteiger partial charge is 0.481 e. The van der Waals surface area contributed by atoms with Gasteiger partial charge in [-0.2, -0.15) is 0 Å². The minimum Gasteiger partial charge on any atom is -0.481 e. The summed E-state index contributed by atoms with van der Waals surface area (Å²) in [4.78, 5) is 11.2. The topological polar surface area (TPSA) is 37.3 Å². The molecule has 82 valence electrons. The highest BCUT2D eigenvalue weighted by molar-refractivity contribution is 5.71. The third-order valence-electron chi connectivity index (χ3n) is 3.87. The van der Waals surface area contributed by atoms with E-state index < -0.39 is 5.97 Å².